The fourth-order valence-corrected chi connectivity index (χ4v) is 3.93. The molecule has 1 fully saturated rings. The number of rotatable bonds is 4. The Morgan fingerprint density at radius 2 is 1.55 bits per heavy atom. The molecular formula is C19H26O3. The van der Waals surface area contributed by atoms with Crippen molar-refractivity contribution in [3.05, 3.63) is 34.4 Å². The normalized spacial score (nSPS) is 27.9. The molecule has 1 saturated carbocycles. The van der Waals surface area contributed by atoms with Crippen LogP contribution in [0.2, 0.25) is 0 Å². The molecule has 1 aliphatic rings. The van der Waals surface area contributed by atoms with Gasteiger partial charge in [-0.1, -0.05) is 31.5 Å². The number of ketones is 1. The van der Waals surface area contributed by atoms with E-state index in [0.29, 0.717) is 12.8 Å². The molecule has 2 unspecified atom stereocenters. The molecule has 1 aliphatic carbocycles. The predicted molar refractivity (Wildman–Crippen MR) is 87.0 cm³/mol. The van der Waals surface area contributed by atoms with Crippen molar-refractivity contribution >= 4 is 11.8 Å². The molecule has 0 spiro atoms. The topological polar surface area (TPSA) is 54.4 Å². The molecule has 1 aromatic rings. The van der Waals surface area contributed by atoms with Gasteiger partial charge in [-0.05, 0) is 62.1 Å². The van der Waals surface area contributed by atoms with Gasteiger partial charge in [-0.3, -0.25) is 9.59 Å². The van der Waals surface area contributed by atoms with Crippen LogP contribution >= 0.6 is 0 Å². The molecule has 22 heavy (non-hydrogen) atoms. The molecule has 0 aromatic heterocycles. The van der Waals surface area contributed by atoms with Crippen molar-refractivity contribution in [2.45, 2.75) is 53.9 Å². The molecule has 2 rings (SSSR count). The number of aliphatic carboxylic acids is 1. The maximum absolute atomic E-state index is 12.9. The molecule has 0 bridgehead atoms. The summed E-state index contributed by atoms with van der Waals surface area (Å²) in [7, 11) is 0. The highest BCUT2D eigenvalue weighted by atomic mass is 16.4. The summed E-state index contributed by atoms with van der Waals surface area (Å²) in [4.78, 5) is 24.7. The Hall–Kier alpha value is -1.64. The number of carbonyl (C=O) groups excluding carboxylic acids is 1. The average Bonchev–Trinajstić information content (AvgIpc) is 2.71. The number of hydrogen-bond donors (Lipinski definition) is 1. The number of carboxylic acids is 1. The summed E-state index contributed by atoms with van der Waals surface area (Å²) in [6.45, 7) is 10.1. The summed E-state index contributed by atoms with van der Waals surface area (Å²) < 4.78 is 0. The summed E-state index contributed by atoms with van der Waals surface area (Å²) in [5, 5.41) is 9.71. The van der Waals surface area contributed by atoms with Crippen molar-refractivity contribution in [3.8, 4) is 0 Å². The van der Waals surface area contributed by atoms with Gasteiger partial charge in [0.1, 0.15) is 5.41 Å². The van der Waals surface area contributed by atoms with E-state index in [0.717, 1.165) is 16.7 Å². The molecule has 0 aliphatic heterocycles. The molecule has 3 nitrogen and oxygen atoms in total. The Morgan fingerprint density at radius 1 is 1.09 bits per heavy atom. The van der Waals surface area contributed by atoms with Crippen molar-refractivity contribution in [2.24, 2.45) is 17.3 Å². The van der Waals surface area contributed by atoms with Crippen LogP contribution in [0.1, 0.15) is 48.9 Å². The van der Waals surface area contributed by atoms with Crippen LogP contribution in [0, 0.1) is 38.0 Å². The molecule has 1 N–H and O–H groups in total. The highest BCUT2D eigenvalue weighted by Gasteiger charge is 2.52. The van der Waals surface area contributed by atoms with Crippen molar-refractivity contribution in [1.29, 1.82) is 0 Å². The second kappa shape index (κ2) is 5.86. The Labute approximate surface area is 132 Å². The van der Waals surface area contributed by atoms with E-state index in [4.69, 9.17) is 0 Å². The van der Waals surface area contributed by atoms with E-state index in [2.05, 4.69) is 12.1 Å². The van der Waals surface area contributed by atoms with Gasteiger partial charge in [0.05, 0.1) is 0 Å². The summed E-state index contributed by atoms with van der Waals surface area (Å²) in [6, 6.07) is 4.12. The van der Waals surface area contributed by atoms with Crippen LogP contribution in [0.3, 0.4) is 0 Å². The SMILES string of the molecule is Cc1cc(C)c(CC(=O)C2(C(=O)O)CC(C)C(C)C2)c(C)c1. The third kappa shape index (κ3) is 2.81. The van der Waals surface area contributed by atoms with Gasteiger partial charge in [0.25, 0.3) is 0 Å². The van der Waals surface area contributed by atoms with Gasteiger partial charge < -0.3 is 5.11 Å². The summed E-state index contributed by atoms with van der Waals surface area (Å²) in [5.41, 5.74) is 3.12. The Balaban J connectivity index is 2.33. The lowest BCUT2D eigenvalue weighted by Gasteiger charge is -2.24. The molecule has 2 atom stereocenters. The van der Waals surface area contributed by atoms with Crippen molar-refractivity contribution in [2.75, 3.05) is 0 Å². The maximum atomic E-state index is 12.9. The van der Waals surface area contributed by atoms with Gasteiger partial charge >= 0.3 is 5.97 Å². The molecule has 0 radical (unpaired) electrons. The Kier molecular flexibility index (Phi) is 4.46. The largest absolute Gasteiger partial charge is 0.480 e. The predicted octanol–water partition coefficient (Wildman–Crippen LogP) is 3.86. The zero-order chi connectivity index (χ0) is 16.7. The second-order valence-corrected chi connectivity index (χ2v) is 7.23. The third-order valence-electron chi connectivity index (χ3n) is 5.43. The lowest BCUT2D eigenvalue weighted by molar-refractivity contribution is -0.154. The molecule has 0 saturated heterocycles. The van der Waals surface area contributed by atoms with E-state index < -0.39 is 11.4 Å². The van der Waals surface area contributed by atoms with Crippen molar-refractivity contribution in [3.63, 3.8) is 0 Å². The van der Waals surface area contributed by atoms with E-state index in [-0.39, 0.29) is 24.0 Å². The van der Waals surface area contributed by atoms with Crippen LogP contribution in [0.25, 0.3) is 0 Å². The third-order valence-corrected chi connectivity index (χ3v) is 5.43. The molecule has 0 amide bonds. The van der Waals surface area contributed by atoms with Gasteiger partial charge in [-0.25, -0.2) is 0 Å². The lowest BCUT2D eigenvalue weighted by Crippen LogP contribution is -2.38. The Morgan fingerprint density at radius 3 is 1.95 bits per heavy atom. The molecular weight excluding hydrogens is 276 g/mol. The lowest BCUT2D eigenvalue weighted by atomic mass is 9.77. The number of hydrogen-bond acceptors (Lipinski definition) is 2. The number of carboxylic acid groups (broad SMARTS) is 1. The first-order valence-electron chi connectivity index (χ1n) is 8.01. The molecule has 120 valence electrons. The maximum Gasteiger partial charge on any atom is 0.317 e. The second-order valence-electron chi connectivity index (χ2n) is 7.23. The first-order valence-corrected chi connectivity index (χ1v) is 8.01. The standard InChI is InChI=1S/C19H26O3/c1-11-6-12(2)16(13(3)7-11)8-17(20)19(18(21)22)9-14(4)15(5)10-19/h6-7,14-15H,8-10H2,1-5H3,(H,21,22). The summed E-state index contributed by atoms with van der Waals surface area (Å²) in [6.07, 6.45) is 1.16. The van der Waals surface area contributed by atoms with E-state index in [1.54, 1.807) is 0 Å². The average molecular weight is 302 g/mol. The fourth-order valence-electron chi connectivity index (χ4n) is 3.93. The van der Waals surface area contributed by atoms with E-state index in [1.807, 2.05) is 34.6 Å². The number of carbonyl (C=O) groups is 2. The van der Waals surface area contributed by atoms with Gasteiger partial charge in [-0.15, -0.1) is 0 Å². The van der Waals surface area contributed by atoms with E-state index >= 15 is 0 Å². The minimum atomic E-state index is -1.19. The van der Waals surface area contributed by atoms with Crippen LogP contribution in [-0.4, -0.2) is 16.9 Å². The Bertz CT molecular complexity index is 582. The zero-order valence-corrected chi connectivity index (χ0v) is 14.2. The fraction of sp³-hybridized carbons (Fsp3) is 0.579. The molecule has 0 heterocycles. The van der Waals surface area contributed by atoms with Crippen molar-refractivity contribution in [1.82, 2.24) is 0 Å². The zero-order valence-electron chi connectivity index (χ0n) is 14.2. The van der Waals surface area contributed by atoms with Gasteiger partial charge in [0.15, 0.2) is 5.78 Å². The van der Waals surface area contributed by atoms with Crippen LogP contribution in [0.4, 0.5) is 0 Å². The minimum absolute atomic E-state index is 0.133. The van der Waals surface area contributed by atoms with Gasteiger partial charge in [0, 0.05) is 6.42 Å². The smallest absolute Gasteiger partial charge is 0.317 e. The van der Waals surface area contributed by atoms with Gasteiger partial charge in [0.2, 0.25) is 0 Å². The van der Waals surface area contributed by atoms with Crippen molar-refractivity contribution < 1.29 is 14.7 Å². The highest BCUT2D eigenvalue weighted by molar-refractivity contribution is 6.04. The quantitative estimate of drug-likeness (QED) is 0.859. The monoisotopic (exact) mass is 302 g/mol. The van der Waals surface area contributed by atoms with E-state index in [9.17, 15) is 14.7 Å². The van der Waals surface area contributed by atoms with E-state index in [1.165, 1.54) is 5.56 Å². The van der Waals surface area contributed by atoms with Crippen LogP contribution in [-0.2, 0) is 16.0 Å². The number of benzene rings is 1. The minimum Gasteiger partial charge on any atom is -0.480 e. The van der Waals surface area contributed by atoms with Crippen LogP contribution in [0.5, 0.6) is 0 Å². The molecule has 1 aromatic carbocycles. The first-order chi connectivity index (χ1) is 10.2. The van der Waals surface area contributed by atoms with Crippen LogP contribution in [0.15, 0.2) is 12.1 Å². The highest BCUT2D eigenvalue weighted by Crippen LogP contribution is 2.47. The summed E-state index contributed by atoms with van der Waals surface area (Å²) >= 11 is 0. The number of Topliss-reactive ketones (excluding diaryl/α,β-unsaturated/α-hetero) is 1. The van der Waals surface area contributed by atoms with Gasteiger partial charge in [-0.2, -0.15) is 0 Å². The molecule has 3 heteroatoms. The first kappa shape index (κ1) is 16.7. The number of aryl methyl sites for hydroxylation is 3. The van der Waals surface area contributed by atoms with Crippen LogP contribution < -0.4 is 0 Å². The summed E-state index contributed by atoms with van der Waals surface area (Å²) in [5.74, 6) is -0.525.